The van der Waals surface area contributed by atoms with Crippen LogP contribution < -0.4 is 10.1 Å². The molecule has 0 aliphatic rings. The van der Waals surface area contributed by atoms with E-state index in [-0.39, 0.29) is 0 Å². The van der Waals surface area contributed by atoms with Gasteiger partial charge in [0.1, 0.15) is 5.03 Å². The maximum Gasteiger partial charge on any atom is 0.322 e. The van der Waals surface area contributed by atoms with Crippen LogP contribution in [-0.4, -0.2) is 33.6 Å². The van der Waals surface area contributed by atoms with Gasteiger partial charge in [-0.3, -0.25) is 0 Å². The highest BCUT2D eigenvalue weighted by molar-refractivity contribution is 7.99. The lowest BCUT2D eigenvalue weighted by Crippen LogP contribution is -2.05. The second-order valence-corrected chi connectivity index (χ2v) is 4.58. The van der Waals surface area contributed by atoms with E-state index in [9.17, 15) is 0 Å². The minimum absolute atomic E-state index is 0.333. The highest BCUT2D eigenvalue weighted by Gasteiger charge is 2.08. The van der Waals surface area contributed by atoms with E-state index in [0.29, 0.717) is 23.7 Å². The summed E-state index contributed by atoms with van der Waals surface area (Å²) in [4.78, 5) is 16.9. The molecule has 2 rings (SSSR count). The van der Waals surface area contributed by atoms with Crippen LogP contribution >= 0.6 is 11.8 Å². The molecule has 0 amide bonds. The fourth-order valence-electron chi connectivity index (χ4n) is 1.25. The molecule has 2 aromatic heterocycles. The molecular formula is C12H15N5OS. The van der Waals surface area contributed by atoms with Crippen molar-refractivity contribution >= 4 is 17.7 Å². The van der Waals surface area contributed by atoms with Crippen LogP contribution in [0.2, 0.25) is 0 Å². The third-order valence-corrected chi connectivity index (χ3v) is 2.90. The van der Waals surface area contributed by atoms with Crippen molar-refractivity contribution < 1.29 is 4.74 Å². The van der Waals surface area contributed by atoms with E-state index in [4.69, 9.17) is 4.74 Å². The average molecular weight is 277 g/mol. The van der Waals surface area contributed by atoms with Gasteiger partial charge in [0.25, 0.3) is 0 Å². The Morgan fingerprint density at radius 2 is 2.16 bits per heavy atom. The summed E-state index contributed by atoms with van der Waals surface area (Å²) in [6.07, 6.45) is 2.64. The van der Waals surface area contributed by atoms with Crippen molar-refractivity contribution in [1.29, 1.82) is 0 Å². The van der Waals surface area contributed by atoms with Gasteiger partial charge < -0.3 is 10.1 Å². The Hall–Kier alpha value is -1.89. The molecule has 0 bridgehead atoms. The molecule has 0 atom stereocenters. The van der Waals surface area contributed by atoms with Crippen molar-refractivity contribution in [3.8, 4) is 6.01 Å². The number of nitrogens with zero attached hydrogens (tertiary/aromatic N) is 4. The number of ether oxygens (including phenoxy) is 1. The number of rotatable bonds is 6. The lowest BCUT2D eigenvalue weighted by molar-refractivity contribution is 0.288. The number of anilines is 1. The van der Waals surface area contributed by atoms with Crippen molar-refractivity contribution in [2.75, 3.05) is 19.0 Å². The molecule has 0 saturated carbocycles. The fraction of sp³-hybridized carbons (Fsp3) is 0.333. The normalized spacial score (nSPS) is 10.2. The number of pyridine rings is 1. The van der Waals surface area contributed by atoms with E-state index in [1.54, 1.807) is 13.2 Å². The topological polar surface area (TPSA) is 72.8 Å². The SMILES string of the molecule is CCCOc1nc(NC)nc(Sc2ccccn2)n1. The molecule has 0 unspecified atom stereocenters. The summed E-state index contributed by atoms with van der Waals surface area (Å²) in [7, 11) is 1.76. The standard InChI is InChI=1S/C12H15N5OS/c1-3-8-18-11-15-10(13-2)16-12(17-11)19-9-6-4-5-7-14-9/h4-7H,3,8H2,1-2H3,(H,13,15,16,17). The molecule has 1 N–H and O–H groups in total. The first-order valence-corrected chi connectivity index (χ1v) is 6.79. The molecule has 7 heteroatoms. The van der Waals surface area contributed by atoms with Crippen molar-refractivity contribution in [2.45, 2.75) is 23.5 Å². The molecule has 0 saturated heterocycles. The summed E-state index contributed by atoms with van der Waals surface area (Å²) in [6, 6.07) is 6.02. The van der Waals surface area contributed by atoms with Crippen LogP contribution in [0, 0.1) is 0 Å². The van der Waals surface area contributed by atoms with Crippen LogP contribution in [0.25, 0.3) is 0 Å². The maximum absolute atomic E-state index is 5.44. The third-order valence-electron chi connectivity index (χ3n) is 2.09. The predicted octanol–water partition coefficient (Wildman–Crippen LogP) is 2.25. The molecule has 2 heterocycles. The zero-order valence-electron chi connectivity index (χ0n) is 10.8. The van der Waals surface area contributed by atoms with E-state index in [0.717, 1.165) is 11.4 Å². The van der Waals surface area contributed by atoms with Crippen molar-refractivity contribution in [2.24, 2.45) is 0 Å². The van der Waals surface area contributed by atoms with E-state index in [2.05, 4.69) is 25.3 Å². The fourth-order valence-corrected chi connectivity index (χ4v) is 1.96. The summed E-state index contributed by atoms with van der Waals surface area (Å²) in [5.74, 6) is 0.486. The van der Waals surface area contributed by atoms with Crippen molar-refractivity contribution in [1.82, 2.24) is 19.9 Å². The predicted molar refractivity (Wildman–Crippen MR) is 73.5 cm³/mol. The lowest BCUT2D eigenvalue weighted by atomic mass is 10.5. The monoisotopic (exact) mass is 277 g/mol. The summed E-state index contributed by atoms with van der Waals surface area (Å²) in [6.45, 7) is 2.62. The molecule has 0 aliphatic heterocycles. The second kappa shape index (κ2) is 6.89. The zero-order chi connectivity index (χ0) is 13.5. The van der Waals surface area contributed by atoms with Crippen LogP contribution in [-0.2, 0) is 0 Å². The van der Waals surface area contributed by atoms with Gasteiger partial charge >= 0.3 is 6.01 Å². The largest absolute Gasteiger partial charge is 0.463 e. The van der Waals surface area contributed by atoms with Gasteiger partial charge in [-0.25, -0.2) is 4.98 Å². The third kappa shape index (κ3) is 4.06. The Kier molecular flexibility index (Phi) is 4.91. The Labute approximate surface area is 116 Å². The molecule has 0 aromatic carbocycles. The van der Waals surface area contributed by atoms with Gasteiger partial charge in [0.2, 0.25) is 11.1 Å². The van der Waals surface area contributed by atoms with Crippen LogP contribution in [0.3, 0.4) is 0 Å². The highest BCUT2D eigenvalue weighted by atomic mass is 32.2. The zero-order valence-corrected chi connectivity index (χ0v) is 11.6. The Morgan fingerprint density at radius 1 is 1.26 bits per heavy atom. The van der Waals surface area contributed by atoms with E-state index in [1.165, 1.54) is 11.8 Å². The van der Waals surface area contributed by atoms with Gasteiger partial charge in [0.15, 0.2) is 0 Å². The van der Waals surface area contributed by atoms with Crippen LogP contribution in [0.15, 0.2) is 34.6 Å². The van der Waals surface area contributed by atoms with Crippen LogP contribution in [0.4, 0.5) is 5.95 Å². The first-order valence-electron chi connectivity index (χ1n) is 5.97. The quantitative estimate of drug-likeness (QED) is 0.868. The van der Waals surface area contributed by atoms with E-state index >= 15 is 0 Å². The van der Waals surface area contributed by atoms with Crippen molar-refractivity contribution in [3.63, 3.8) is 0 Å². The first kappa shape index (κ1) is 13.5. The molecule has 2 aromatic rings. The smallest absolute Gasteiger partial charge is 0.322 e. The molecular weight excluding hydrogens is 262 g/mol. The van der Waals surface area contributed by atoms with Gasteiger partial charge in [0, 0.05) is 13.2 Å². The molecule has 19 heavy (non-hydrogen) atoms. The molecule has 0 spiro atoms. The Balaban J connectivity index is 2.19. The van der Waals surface area contributed by atoms with E-state index < -0.39 is 0 Å². The van der Waals surface area contributed by atoms with E-state index in [1.807, 2.05) is 25.1 Å². The van der Waals surface area contributed by atoms with Crippen LogP contribution in [0.1, 0.15) is 13.3 Å². The van der Waals surface area contributed by atoms with Gasteiger partial charge in [-0.2, -0.15) is 15.0 Å². The summed E-state index contributed by atoms with van der Waals surface area (Å²) >= 11 is 1.37. The number of nitrogens with one attached hydrogen (secondary N) is 1. The van der Waals surface area contributed by atoms with Crippen molar-refractivity contribution in [3.05, 3.63) is 24.4 Å². The molecule has 0 aliphatic carbocycles. The first-order chi connectivity index (χ1) is 9.31. The average Bonchev–Trinajstić information content (AvgIpc) is 2.46. The van der Waals surface area contributed by atoms with Crippen LogP contribution in [0.5, 0.6) is 6.01 Å². The molecule has 0 fully saturated rings. The summed E-state index contributed by atoms with van der Waals surface area (Å²) in [5.41, 5.74) is 0. The Bertz CT molecular complexity index is 523. The van der Waals surface area contributed by atoms with Gasteiger partial charge in [-0.15, -0.1) is 0 Å². The number of hydrogen-bond donors (Lipinski definition) is 1. The minimum atomic E-state index is 0.333. The maximum atomic E-state index is 5.44. The Morgan fingerprint density at radius 3 is 2.84 bits per heavy atom. The molecule has 0 radical (unpaired) electrons. The minimum Gasteiger partial charge on any atom is -0.463 e. The highest BCUT2D eigenvalue weighted by Crippen LogP contribution is 2.24. The molecule has 100 valence electrons. The van der Waals surface area contributed by atoms with Gasteiger partial charge in [-0.05, 0) is 30.3 Å². The van der Waals surface area contributed by atoms with Gasteiger partial charge in [-0.1, -0.05) is 13.0 Å². The number of aromatic nitrogens is 4. The summed E-state index contributed by atoms with van der Waals surface area (Å²) < 4.78 is 5.44. The number of hydrogen-bond acceptors (Lipinski definition) is 7. The second-order valence-electron chi connectivity index (χ2n) is 3.59. The van der Waals surface area contributed by atoms with Gasteiger partial charge in [0.05, 0.1) is 6.61 Å². The lowest BCUT2D eigenvalue weighted by Gasteiger charge is -2.06. The summed E-state index contributed by atoms with van der Waals surface area (Å²) in [5, 5.41) is 4.28. The molecule has 6 nitrogen and oxygen atoms in total.